The first-order valence-electron chi connectivity index (χ1n) is 7.11. The van der Waals surface area contributed by atoms with Crippen LogP contribution in [0, 0.1) is 6.92 Å². The van der Waals surface area contributed by atoms with Gasteiger partial charge in [0.25, 0.3) is 0 Å². The van der Waals surface area contributed by atoms with E-state index in [1.807, 2.05) is 55.6 Å². The van der Waals surface area contributed by atoms with Crippen molar-refractivity contribution in [2.75, 3.05) is 0 Å². The van der Waals surface area contributed by atoms with Crippen molar-refractivity contribution in [1.29, 1.82) is 0 Å². The van der Waals surface area contributed by atoms with Gasteiger partial charge in [-0.05, 0) is 30.2 Å². The van der Waals surface area contributed by atoms with Crippen LogP contribution >= 0.6 is 27.7 Å². The van der Waals surface area contributed by atoms with Gasteiger partial charge in [-0.1, -0.05) is 70.2 Å². The van der Waals surface area contributed by atoms with Crippen molar-refractivity contribution in [2.24, 2.45) is 5.10 Å². The summed E-state index contributed by atoms with van der Waals surface area (Å²) in [5.74, 6) is 1.60. The average Bonchev–Trinajstić information content (AvgIpc) is 2.93. The van der Waals surface area contributed by atoms with E-state index in [1.54, 1.807) is 16.4 Å². The standard InChI is InChI=1S/C17H15BrN4S/c1-13-20-21-17(23-12-15-7-9-16(18)10-8-15)22(13)19-11-14-5-3-2-4-6-14/h2-11H,12H2,1H3/b19-11+. The van der Waals surface area contributed by atoms with Gasteiger partial charge in [-0.15, -0.1) is 10.2 Å². The number of nitrogens with zero attached hydrogens (tertiary/aromatic N) is 4. The molecule has 0 atom stereocenters. The van der Waals surface area contributed by atoms with E-state index < -0.39 is 0 Å². The number of benzene rings is 2. The van der Waals surface area contributed by atoms with E-state index in [0.29, 0.717) is 0 Å². The number of aryl methyl sites for hydroxylation is 1. The van der Waals surface area contributed by atoms with Gasteiger partial charge in [0.2, 0.25) is 5.16 Å². The van der Waals surface area contributed by atoms with Crippen LogP contribution in [-0.2, 0) is 5.75 Å². The minimum Gasteiger partial charge on any atom is -0.192 e. The van der Waals surface area contributed by atoms with Crippen molar-refractivity contribution in [1.82, 2.24) is 14.9 Å². The molecule has 0 unspecified atom stereocenters. The normalized spacial score (nSPS) is 11.2. The van der Waals surface area contributed by atoms with Crippen LogP contribution in [0.2, 0.25) is 0 Å². The third-order valence-electron chi connectivity index (χ3n) is 3.17. The second-order valence-electron chi connectivity index (χ2n) is 4.91. The van der Waals surface area contributed by atoms with E-state index in [0.717, 1.165) is 26.8 Å². The van der Waals surface area contributed by atoms with Crippen molar-refractivity contribution < 1.29 is 0 Å². The summed E-state index contributed by atoms with van der Waals surface area (Å²) in [5.41, 5.74) is 2.28. The third kappa shape index (κ3) is 4.30. The SMILES string of the molecule is Cc1nnc(SCc2ccc(Br)cc2)n1/N=C/c1ccccc1. The maximum atomic E-state index is 4.50. The third-order valence-corrected chi connectivity index (χ3v) is 4.69. The molecule has 0 fully saturated rings. The van der Waals surface area contributed by atoms with Crippen molar-refractivity contribution in [3.8, 4) is 0 Å². The van der Waals surface area contributed by atoms with E-state index in [4.69, 9.17) is 0 Å². The quantitative estimate of drug-likeness (QED) is 0.478. The highest BCUT2D eigenvalue weighted by molar-refractivity contribution is 9.10. The second-order valence-corrected chi connectivity index (χ2v) is 6.77. The Hall–Kier alpha value is -1.92. The molecule has 23 heavy (non-hydrogen) atoms. The predicted octanol–water partition coefficient (Wildman–Crippen LogP) is 4.52. The summed E-state index contributed by atoms with van der Waals surface area (Å²) in [4.78, 5) is 0. The molecule has 6 heteroatoms. The fourth-order valence-electron chi connectivity index (χ4n) is 1.95. The molecule has 0 amide bonds. The molecule has 0 N–H and O–H groups in total. The number of hydrogen-bond donors (Lipinski definition) is 0. The van der Waals surface area contributed by atoms with E-state index in [2.05, 4.69) is 43.4 Å². The Morgan fingerprint density at radius 1 is 1.09 bits per heavy atom. The highest BCUT2D eigenvalue weighted by atomic mass is 79.9. The summed E-state index contributed by atoms with van der Waals surface area (Å²) in [6.45, 7) is 1.90. The van der Waals surface area contributed by atoms with Gasteiger partial charge in [0, 0.05) is 10.2 Å². The van der Waals surface area contributed by atoms with Crippen molar-refractivity contribution in [3.05, 3.63) is 76.0 Å². The van der Waals surface area contributed by atoms with Crippen LogP contribution < -0.4 is 0 Å². The molecular formula is C17H15BrN4S. The number of hydrogen-bond acceptors (Lipinski definition) is 4. The van der Waals surface area contributed by atoms with Crippen LogP contribution in [0.25, 0.3) is 0 Å². The maximum Gasteiger partial charge on any atom is 0.212 e. The Labute approximate surface area is 147 Å². The van der Waals surface area contributed by atoms with E-state index in [9.17, 15) is 0 Å². The molecule has 3 aromatic rings. The smallest absolute Gasteiger partial charge is 0.192 e. The molecule has 4 nitrogen and oxygen atoms in total. The van der Waals surface area contributed by atoms with Crippen LogP contribution in [0.15, 0.2) is 69.3 Å². The molecule has 0 spiro atoms. The fraction of sp³-hybridized carbons (Fsp3) is 0.118. The van der Waals surface area contributed by atoms with Crippen LogP contribution in [0.5, 0.6) is 0 Å². The van der Waals surface area contributed by atoms with Gasteiger partial charge in [0.15, 0.2) is 5.82 Å². The van der Waals surface area contributed by atoms with Gasteiger partial charge >= 0.3 is 0 Å². The molecule has 1 aromatic heterocycles. The zero-order valence-corrected chi connectivity index (χ0v) is 15.0. The number of aromatic nitrogens is 3. The zero-order chi connectivity index (χ0) is 16.1. The summed E-state index contributed by atoms with van der Waals surface area (Å²) in [6, 6.07) is 18.3. The van der Waals surface area contributed by atoms with Gasteiger partial charge in [-0.25, -0.2) is 0 Å². The Morgan fingerprint density at radius 2 is 1.83 bits per heavy atom. The summed E-state index contributed by atoms with van der Waals surface area (Å²) < 4.78 is 2.86. The van der Waals surface area contributed by atoms with Gasteiger partial charge in [-0.2, -0.15) is 9.78 Å². The van der Waals surface area contributed by atoms with Crippen LogP contribution in [-0.4, -0.2) is 21.1 Å². The Bertz CT molecular complexity index is 797. The molecule has 0 saturated carbocycles. The topological polar surface area (TPSA) is 43.1 Å². The molecule has 0 radical (unpaired) electrons. The highest BCUT2D eigenvalue weighted by Gasteiger charge is 2.08. The molecule has 2 aromatic carbocycles. The molecule has 1 heterocycles. The van der Waals surface area contributed by atoms with E-state index >= 15 is 0 Å². The summed E-state index contributed by atoms with van der Waals surface area (Å²) in [7, 11) is 0. The van der Waals surface area contributed by atoms with Gasteiger partial charge < -0.3 is 0 Å². The lowest BCUT2D eigenvalue weighted by Gasteiger charge is -2.03. The molecule has 3 rings (SSSR count). The molecule has 0 bridgehead atoms. The minimum atomic E-state index is 0.774. The first kappa shape index (κ1) is 16.0. The Kier molecular flexibility index (Phi) is 5.25. The fourth-order valence-corrected chi connectivity index (χ4v) is 3.11. The molecular weight excluding hydrogens is 372 g/mol. The van der Waals surface area contributed by atoms with Crippen LogP contribution in [0.3, 0.4) is 0 Å². The second kappa shape index (κ2) is 7.57. The van der Waals surface area contributed by atoms with Crippen molar-refractivity contribution in [3.63, 3.8) is 0 Å². The molecule has 0 aliphatic rings. The molecule has 116 valence electrons. The maximum absolute atomic E-state index is 4.50. The minimum absolute atomic E-state index is 0.774. The van der Waals surface area contributed by atoms with E-state index in [1.165, 1.54) is 5.56 Å². The summed E-state index contributed by atoms with van der Waals surface area (Å²) in [6.07, 6.45) is 1.82. The summed E-state index contributed by atoms with van der Waals surface area (Å²) >= 11 is 5.07. The van der Waals surface area contributed by atoms with Crippen molar-refractivity contribution in [2.45, 2.75) is 17.8 Å². The molecule has 0 aliphatic carbocycles. The predicted molar refractivity (Wildman–Crippen MR) is 97.9 cm³/mol. The lowest BCUT2D eigenvalue weighted by atomic mass is 10.2. The van der Waals surface area contributed by atoms with Gasteiger partial charge in [0.1, 0.15) is 0 Å². The van der Waals surface area contributed by atoms with E-state index in [-0.39, 0.29) is 0 Å². The lowest BCUT2D eigenvalue weighted by molar-refractivity contribution is 0.744. The Balaban J connectivity index is 1.73. The molecule has 0 aliphatic heterocycles. The highest BCUT2D eigenvalue weighted by Crippen LogP contribution is 2.22. The monoisotopic (exact) mass is 386 g/mol. The zero-order valence-electron chi connectivity index (χ0n) is 12.6. The largest absolute Gasteiger partial charge is 0.212 e. The van der Waals surface area contributed by atoms with Crippen LogP contribution in [0.1, 0.15) is 17.0 Å². The average molecular weight is 387 g/mol. The first-order chi connectivity index (χ1) is 11.2. The lowest BCUT2D eigenvalue weighted by Crippen LogP contribution is -1.96. The van der Waals surface area contributed by atoms with Crippen molar-refractivity contribution >= 4 is 33.9 Å². The summed E-state index contributed by atoms with van der Waals surface area (Å²) in [5, 5.41) is 13.6. The van der Waals surface area contributed by atoms with Gasteiger partial charge in [0.05, 0.1) is 6.21 Å². The van der Waals surface area contributed by atoms with Crippen LogP contribution in [0.4, 0.5) is 0 Å². The number of halogens is 1. The number of thioether (sulfide) groups is 1. The first-order valence-corrected chi connectivity index (χ1v) is 8.89. The van der Waals surface area contributed by atoms with Gasteiger partial charge in [-0.3, -0.25) is 0 Å². The Morgan fingerprint density at radius 3 is 2.57 bits per heavy atom. The molecule has 0 saturated heterocycles. The number of rotatable bonds is 5.